The van der Waals surface area contributed by atoms with E-state index < -0.39 is 17.6 Å². The van der Waals surface area contributed by atoms with E-state index in [0.29, 0.717) is 16.8 Å². The van der Waals surface area contributed by atoms with Crippen molar-refractivity contribution in [1.82, 2.24) is 9.78 Å². The Morgan fingerprint density at radius 2 is 1.86 bits per heavy atom. The molecule has 2 aromatic carbocycles. The van der Waals surface area contributed by atoms with Gasteiger partial charge in [0.25, 0.3) is 0 Å². The largest absolute Gasteiger partial charge is 0.310 e. The molecule has 4 rings (SSSR count). The Balaban J connectivity index is 1.83. The molecule has 0 bridgehead atoms. The molecule has 148 valence electrons. The third kappa shape index (κ3) is 3.22. The van der Waals surface area contributed by atoms with E-state index in [4.69, 9.17) is 0 Å². The van der Waals surface area contributed by atoms with Gasteiger partial charge in [0.15, 0.2) is 11.6 Å². The third-order valence-corrected chi connectivity index (χ3v) is 5.35. The second-order valence-corrected chi connectivity index (χ2v) is 7.32. The fourth-order valence-electron chi connectivity index (χ4n) is 3.69. The van der Waals surface area contributed by atoms with Gasteiger partial charge in [-0.15, -0.1) is 0 Å². The fraction of sp³-hybridized carbons (Fsp3) is 0.227. The summed E-state index contributed by atoms with van der Waals surface area (Å²) < 4.78 is 28.9. The Bertz CT molecular complexity index is 1170. The zero-order chi connectivity index (χ0) is 20.9. The number of fused-ring (bicyclic) bond motifs is 1. The van der Waals surface area contributed by atoms with E-state index in [2.05, 4.69) is 10.4 Å². The predicted octanol–water partition coefficient (Wildman–Crippen LogP) is 4.38. The highest BCUT2D eigenvalue weighted by atomic mass is 19.1. The number of anilines is 1. The summed E-state index contributed by atoms with van der Waals surface area (Å²) in [5.74, 6) is -2.55. The van der Waals surface area contributed by atoms with E-state index in [1.807, 2.05) is 26.0 Å². The van der Waals surface area contributed by atoms with Crippen molar-refractivity contribution in [3.8, 4) is 5.69 Å². The normalized spacial score (nSPS) is 15.8. The fourth-order valence-corrected chi connectivity index (χ4v) is 3.69. The smallest absolute Gasteiger partial charge is 0.226 e. The van der Waals surface area contributed by atoms with Crippen LogP contribution >= 0.6 is 0 Å². The zero-order valence-electron chi connectivity index (χ0n) is 16.2. The minimum atomic E-state index is -0.813. The monoisotopic (exact) mass is 395 g/mol. The molecule has 3 aromatic rings. The third-order valence-electron chi connectivity index (χ3n) is 5.35. The molecule has 0 radical (unpaired) electrons. The SMILES string of the molecule is Cc1ccc(C(=O)C2CC(=O)Nc3c2c(C)nn3-c2ccc(F)cc2F)cc1C. The maximum atomic E-state index is 14.3. The number of hydrogen-bond acceptors (Lipinski definition) is 3. The first-order chi connectivity index (χ1) is 13.8. The molecular weight excluding hydrogens is 376 g/mol. The van der Waals surface area contributed by atoms with Crippen molar-refractivity contribution in [2.75, 3.05) is 5.32 Å². The standard InChI is InChI=1S/C22H19F2N3O2/c1-11-4-5-14(8-12(11)2)21(29)16-10-19(28)25-22-20(16)13(3)26-27(22)18-7-6-15(23)9-17(18)24/h4-9,16H,10H2,1-3H3,(H,25,28). The van der Waals surface area contributed by atoms with E-state index in [1.165, 1.54) is 10.7 Å². The number of aryl methyl sites for hydroxylation is 3. The number of rotatable bonds is 3. The molecule has 1 unspecified atom stereocenters. The van der Waals surface area contributed by atoms with E-state index in [-0.39, 0.29) is 29.6 Å². The van der Waals surface area contributed by atoms with Gasteiger partial charge in [0.2, 0.25) is 5.91 Å². The van der Waals surface area contributed by atoms with Gasteiger partial charge in [0.1, 0.15) is 17.3 Å². The summed E-state index contributed by atoms with van der Waals surface area (Å²) in [5.41, 5.74) is 3.62. The van der Waals surface area contributed by atoms with Crippen LogP contribution < -0.4 is 5.32 Å². The molecule has 1 aromatic heterocycles. The Hall–Kier alpha value is -3.35. The van der Waals surface area contributed by atoms with Crippen molar-refractivity contribution in [3.05, 3.63) is 76.0 Å². The zero-order valence-corrected chi connectivity index (χ0v) is 16.2. The van der Waals surface area contributed by atoms with Crippen LogP contribution in [-0.2, 0) is 4.79 Å². The van der Waals surface area contributed by atoms with Gasteiger partial charge in [-0.05, 0) is 50.1 Å². The highest BCUT2D eigenvalue weighted by Crippen LogP contribution is 2.38. The number of nitrogens with zero attached hydrogens (tertiary/aromatic N) is 2. The van der Waals surface area contributed by atoms with Crippen LogP contribution in [0.3, 0.4) is 0 Å². The number of benzene rings is 2. The summed E-state index contributed by atoms with van der Waals surface area (Å²) in [5, 5.41) is 7.03. The minimum Gasteiger partial charge on any atom is -0.310 e. The van der Waals surface area contributed by atoms with Crippen LogP contribution in [0, 0.1) is 32.4 Å². The summed E-state index contributed by atoms with van der Waals surface area (Å²) in [4.78, 5) is 25.6. The van der Waals surface area contributed by atoms with Crippen molar-refractivity contribution >= 4 is 17.5 Å². The summed E-state index contributed by atoms with van der Waals surface area (Å²) in [6, 6.07) is 8.54. The topological polar surface area (TPSA) is 64.0 Å². The summed E-state index contributed by atoms with van der Waals surface area (Å²) in [6.07, 6.45) is -0.0167. The summed E-state index contributed by atoms with van der Waals surface area (Å²) in [7, 11) is 0. The average Bonchev–Trinajstić information content (AvgIpc) is 2.99. The summed E-state index contributed by atoms with van der Waals surface area (Å²) >= 11 is 0. The van der Waals surface area contributed by atoms with Crippen LogP contribution in [0.1, 0.15) is 45.1 Å². The molecule has 7 heteroatoms. The molecule has 1 atom stereocenters. The molecule has 0 fully saturated rings. The van der Waals surface area contributed by atoms with Crippen molar-refractivity contribution in [2.45, 2.75) is 33.1 Å². The number of amides is 1. The number of ketones is 1. The van der Waals surface area contributed by atoms with Crippen LogP contribution in [0.25, 0.3) is 5.69 Å². The van der Waals surface area contributed by atoms with Gasteiger partial charge in [0, 0.05) is 23.6 Å². The van der Waals surface area contributed by atoms with E-state index >= 15 is 0 Å². The number of nitrogens with one attached hydrogen (secondary N) is 1. The molecule has 1 aliphatic rings. The van der Waals surface area contributed by atoms with Gasteiger partial charge in [-0.1, -0.05) is 12.1 Å². The van der Waals surface area contributed by atoms with Crippen molar-refractivity contribution in [2.24, 2.45) is 0 Å². The first-order valence-electron chi connectivity index (χ1n) is 9.22. The lowest BCUT2D eigenvalue weighted by atomic mass is 9.85. The molecule has 0 aliphatic carbocycles. The Morgan fingerprint density at radius 1 is 1.10 bits per heavy atom. The van der Waals surface area contributed by atoms with Crippen LogP contribution in [0.5, 0.6) is 0 Å². The second-order valence-electron chi connectivity index (χ2n) is 7.32. The molecule has 0 saturated heterocycles. The number of hydrogen-bond donors (Lipinski definition) is 1. The van der Waals surface area contributed by atoms with Gasteiger partial charge in [-0.2, -0.15) is 5.10 Å². The predicted molar refractivity (Wildman–Crippen MR) is 104 cm³/mol. The van der Waals surface area contributed by atoms with E-state index in [9.17, 15) is 18.4 Å². The van der Waals surface area contributed by atoms with Gasteiger partial charge >= 0.3 is 0 Å². The molecule has 0 saturated carbocycles. The van der Waals surface area contributed by atoms with E-state index in [1.54, 1.807) is 13.0 Å². The van der Waals surface area contributed by atoms with Crippen molar-refractivity contribution < 1.29 is 18.4 Å². The lowest BCUT2D eigenvalue weighted by Crippen LogP contribution is -2.28. The molecular formula is C22H19F2N3O2. The van der Waals surface area contributed by atoms with Crippen LogP contribution in [0.2, 0.25) is 0 Å². The maximum Gasteiger partial charge on any atom is 0.226 e. The number of carbonyl (C=O) groups is 2. The second kappa shape index (κ2) is 6.92. The Morgan fingerprint density at radius 3 is 2.55 bits per heavy atom. The quantitative estimate of drug-likeness (QED) is 0.669. The summed E-state index contributed by atoms with van der Waals surface area (Å²) in [6.45, 7) is 5.59. The molecule has 5 nitrogen and oxygen atoms in total. The van der Waals surface area contributed by atoms with Crippen LogP contribution in [-0.4, -0.2) is 21.5 Å². The van der Waals surface area contributed by atoms with Crippen molar-refractivity contribution in [3.63, 3.8) is 0 Å². The van der Waals surface area contributed by atoms with Gasteiger partial charge in [-0.3, -0.25) is 9.59 Å². The Kier molecular flexibility index (Phi) is 4.53. The van der Waals surface area contributed by atoms with Crippen molar-refractivity contribution in [1.29, 1.82) is 0 Å². The Labute approximate surface area is 166 Å². The van der Waals surface area contributed by atoms with Gasteiger partial charge in [0.05, 0.1) is 11.6 Å². The molecule has 1 N–H and O–H groups in total. The average molecular weight is 395 g/mol. The van der Waals surface area contributed by atoms with Gasteiger partial charge in [-0.25, -0.2) is 13.5 Å². The molecule has 1 amide bonds. The number of Topliss-reactive ketones (excluding diaryl/α,β-unsaturated/α-hetero) is 1. The maximum absolute atomic E-state index is 14.3. The minimum absolute atomic E-state index is 0.00432. The molecule has 29 heavy (non-hydrogen) atoms. The highest BCUT2D eigenvalue weighted by Gasteiger charge is 2.36. The van der Waals surface area contributed by atoms with Crippen LogP contribution in [0.15, 0.2) is 36.4 Å². The highest BCUT2D eigenvalue weighted by molar-refractivity contribution is 6.08. The first kappa shape index (κ1) is 19.0. The number of halogens is 2. The van der Waals surface area contributed by atoms with Crippen LogP contribution in [0.4, 0.5) is 14.6 Å². The molecule has 0 spiro atoms. The number of carbonyl (C=O) groups excluding carboxylic acids is 2. The molecule has 1 aliphatic heterocycles. The first-order valence-corrected chi connectivity index (χ1v) is 9.22. The molecule has 2 heterocycles. The van der Waals surface area contributed by atoms with E-state index in [0.717, 1.165) is 23.3 Å². The lowest BCUT2D eigenvalue weighted by molar-refractivity contribution is -0.116. The lowest BCUT2D eigenvalue weighted by Gasteiger charge is -2.23. The van der Waals surface area contributed by atoms with Gasteiger partial charge < -0.3 is 5.32 Å². The number of aromatic nitrogens is 2.